The predicted molar refractivity (Wildman–Crippen MR) is 138 cm³/mol. The van der Waals surface area contributed by atoms with Gasteiger partial charge in [-0.2, -0.15) is 0 Å². The maximum atomic E-state index is 12.5. The van der Waals surface area contributed by atoms with Gasteiger partial charge in [0.2, 0.25) is 0 Å². The third-order valence-corrected chi connectivity index (χ3v) is 9.33. The topological polar surface area (TPSA) is 26.3 Å². The van der Waals surface area contributed by atoms with Crippen LogP contribution >= 0.6 is 0 Å². The highest BCUT2D eigenvalue weighted by atomic mass is 16.5. The fourth-order valence-corrected chi connectivity index (χ4v) is 7.50. The molecule has 2 heteroatoms. The zero-order chi connectivity index (χ0) is 22.9. The quantitative estimate of drug-likeness (QED) is 0.205. The Kier molecular flexibility index (Phi) is 9.98. The first-order chi connectivity index (χ1) is 16.3. The maximum absolute atomic E-state index is 12.5. The van der Waals surface area contributed by atoms with Gasteiger partial charge in [0.1, 0.15) is 6.10 Å². The molecule has 0 bridgehead atoms. The number of allylic oxidation sites excluding steroid dienone is 3. The second kappa shape index (κ2) is 13.1. The van der Waals surface area contributed by atoms with Crippen LogP contribution in [0, 0.1) is 23.7 Å². The minimum atomic E-state index is 0.0603. The Morgan fingerprint density at radius 1 is 0.848 bits per heavy atom. The van der Waals surface area contributed by atoms with E-state index >= 15 is 0 Å². The Morgan fingerprint density at radius 2 is 1.58 bits per heavy atom. The van der Waals surface area contributed by atoms with Gasteiger partial charge in [-0.15, -0.1) is 0 Å². The summed E-state index contributed by atoms with van der Waals surface area (Å²) < 4.78 is 6.05. The lowest BCUT2D eigenvalue weighted by molar-refractivity contribution is -0.150. The molecule has 33 heavy (non-hydrogen) atoms. The van der Waals surface area contributed by atoms with Gasteiger partial charge in [-0.05, 0) is 74.7 Å². The first kappa shape index (κ1) is 25.1. The average molecular weight is 455 g/mol. The van der Waals surface area contributed by atoms with Gasteiger partial charge in [-0.3, -0.25) is 4.79 Å². The third kappa shape index (κ3) is 6.76. The van der Waals surface area contributed by atoms with Crippen LogP contribution < -0.4 is 0 Å². The molecule has 0 heterocycles. The average Bonchev–Trinajstić information content (AvgIpc) is 3.25. The summed E-state index contributed by atoms with van der Waals surface area (Å²) in [6.45, 7) is 2.28. The smallest absolute Gasteiger partial charge is 0.306 e. The molecule has 0 aromatic heterocycles. The Balaban J connectivity index is 1.12. The van der Waals surface area contributed by atoms with Gasteiger partial charge in [0, 0.05) is 12.3 Å². The van der Waals surface area contributed by atoms with Gasteiger partial charge in [0.15, 0.2) is 0 Å². The van der Waals surface area contributed by atoms with E-state index < -0.39 is 0 Å². The van der Waals surface area contributed by atoms with E-state index in [0.717, 1.165) is 30.6 Å². The summed E-state index contributed by atoms with van der Waals surface area (Å²) >= 11 is 0. The van der Waals surface area contributed by atoms with E-state index in [9.17, 15) is 4.79 Å². The molecular weight excluding hydrogens is 404 g/mol. The van der Waals surface area contributed by atoms with Crippen molar-refractivity contribution in [2.24, 2.45) is 23.7 Å². The number of ether oxygens (including phenoxy) is 1. The largest absolute Gasteiger partial charge is 0.462 e. The fraction of sp³-hybridized carbons (Fsp3) is 0.839. The van der Waals surface area contributed by atoms with Gasteiger partial charge < -0.3 is 4.74 Å². The molecule has 0 aromatic carbocycles. The Hall–Kier alpha value is -1.05. The zero-order valence-corrected chi connectivity index (χ0v) is 21.5. The first-order valence-corrected chi connectivity index (χ1v) is 14.9. The summed E-state index contributed by atoms with van der Waals surface area (Å²) in [5.74, 6) is 2.89. The van der Waals surface area contributed by atoms with E-state index in [1.54, 1.807) is 5.57 Å². The Labute approximate surface area is 204 Å². The number of carbonyl (C=O) groups is 1. The summed E-state index contributed by atoms with van der Waals surface area (Å²) in [7, 11) is 0. The van der Waals surface area contributed by atoms with Gasteiger partial charge in [0.25, 0.3) is 0 Å². The number of hydrogen-bond donors (Lipinski definition) is 0. The van der Waals surface area contributed by atoms with E-state index in [1.165, 1.54) is 109 Å². The number of carbonyl (C=O) groups excluding carboxylic acids is 1. The second-order valence-electron chi connectivity index (χ2n) is 11.6. The number of hydrogen-bond acceptors (Lipinski definition) is 2. The highest BCUT2D eigenvalue weighted by Gasteiger charge is 2.46. The van der Waals surface area contributed by atoms with E-state index in [1.807, 2.05) is 5.57 Å². The third-order valence-electron chi connectivity index (χ3n) is 9.33. The van der Waals surface area contributed by atoms with Crippen molar-refractivity contribution in [1.29, 1.82) is 0 Å². The van der Waals surface area contributed by atoms with Crippen molar-refractivity contribution < 1.29 is 9.53 Å². The van der Waals surface area contributed by atoms with Crippen LogP contribution in [0.4, 0.5) is 0 Å². The molecule has 2 fully saturated rings. The second-order valence-corrected chi connectivity index (χ2v) is 11.6. The van der Waals surface area contributed by atoms with Crippen LogP contribution in [0.1, 0.15) is 135 Å². The summed E-state index contributed by atoms with van der Waals surface area (Å²) in [6, 6.07) is 0. The molecule has 0 aromatic rings. The molecule has 0 saturated heterocycles. The molecule has 0 aliphatic heterocycles. The molecule has 186 valence electrons. The molecule has 0 spiro atoms. The summed E-state index contributed by atoms with van der Waals surface area (Å²) in [4.78, 5) is 12.5. The monoisotopic (exact) mass is 454 g/mol. The molecular formula is C31H50O2. The van der Waals surface area contributed by atoms with Crippen LogP contribution in [0.15, 0.2) is 23.3 Å². The van der Waals surface area contributed by atoms with Crippen LogP contribution in [-0.2, 0) is 9.53 Å². The SMILES string of the molecule is CCCCCCCCCCCCCC(=O)OC1CCC2C3CCC4CCCCC4=C3C=CC12. The lowest BCUT2D eigenvalue weighted by atomic mass is 9.63. The molecule has 4 aliphatic rings. The van der Waals surface area contributed by atoms with Crippen molar-refractivity contribution in [1.82, 2.24) is 0 Å². The van der Waals surface area contributed by atoms with Crippen molar-refractivity contribution in [3.8, 4) is 0 Å². The van der Waals surface area contributed by atoms with Gasteiger partial charge >= 0.3 is 5.97 Å². The van der Waals surface area contributed by atoms with Crippen LogP contribution in [0.3, 0.4) is 0 Å². The highest BCUT2D eigenvalue weighted by Crippen LogP contribution is 2.53. The molecule has 0 N–H and O–H groups in total. The highest BCUT2D eigenvalue weighted by molar-refractivity contribution is 5.69. The summed E-state index contributed by atoms with van der Waals surface area (Å²) in [6.07, 6.45) is 30.9. The molecule has 0 amide bonds. The van der Waals surface area contributed by atoms with Gasteiger partial charge in [0.05, 0.1) is 0 Å². The predicted octanol–water partition coefficient (Wildman–Crippen LogP) is 9.09. The van der Waals surface area contributed by atoms with Crippen molar-refractivity contribution in [3.05, 3.63) is 23.3 Å². The van der Waals surface area contributed by atoms with Crippen molar-refractivity contribution in [3.63, 3.8) is 0 Å². The molecule has 4 aliphatic carbocycles. The summed E-state index contributed by atoms with van der Waals surface area (Å²) in [5.41, 5.74) is 3.52. The van der Waals surface area contributed by atoms with Gasteiger partial charge in [-0.25, -0.2) is 0 Å². The molecule has 2 saturated carbocycles. The fourth-order valence-electron chi connectivity index (χ4n) is 7.50. The number of esters is 1. The molecule has 2 nitrogen and oxygen atoms in total. The molecule has 5 unspecified atom stereocenters. The van der Waals surface area contributed by atoms with Gasteiger partial charge in [-0.1, -0.05) is 95.3 Å². The zero-order valence-electron chi connectivity index (χ0n) is 21.5. The Bertz CT molecular complexity index is 674. The minimum absolute atomic E-state index is 0.0603. The molecule has 0 radical (unpaired) electrons. The van der Waals surface area contributed by atoms with Crippen LogP contribution in [0.5, 0.6) is 0 Å². The standard InChI is InChI=1S/C31H50O2/c1-2-3-4-5-6-7-8-9-10-11-12-17-31(32)33-30-23-22-28-27-19-18-24-15-13-14-16-25(24)26(27)20-21-29(28)30/h20-21,24,27-30H,2-19,22-23H2,1H3. The van der Waals surface area contributed by atoms with Crippen molar-refractivity contribution in [2.75, 3.05) is 0 Å². The minimum Gasteiger partial charge on any atom is -0.462 e. The van der Waals surface area contributed by atoms with Crippen LogP contribution in [0.2, 0.25) is 0 Å². The molecule has 4 rings (SSSR count). The van der Waals surface area contributed by atoms with Crippen molar-refractivity contribution in [2.45, 2.75) is 141 Å². The first-order valence-electron chi connectivity index (χ1n) is 14.9. The van der Waals surface area contributed by atoms with E-state index in [-0.39, 0.29) is 12.1 Å². The van der Waals surface area contributed by atoms with Crippen LogP contribution in [0.25, 0.3) is 0 Å². The lowest BCUT2D eigenvalue weighted by Gasteiger charge is -2.42. The van der Waals surface area contributed by atoms with E-state index in [0.29, 0.717) is 12.3 Å². The normalized spacial score (nSPS) is 30.6. The number of unbranched alkanes of at least 4 members (excludes halogenated alkanes) is 10. The van der Waals surface area contributed by atoms with E-state index in [2.05, 4.69) is 19.1 Å². The van der Waals surface area contributed by atoms with Crippen molar-refractivity contribution >= 4 is 5.97 Å². The van der Waals surface area contributed by atoms with E-state index in [4.69, 9.17) is 4.74 Å². The number of fused-ring (bicyclic) bond motifs is 4. The number of rotatable bonds is 13. The van der Waals surface area contributed by atoms with Crippen LogP contribution in [-0.4, -0.2) is 12.1 Å². The molecule has 5 atom stereocenters. The lowest BCUT2D eigenvalue weighted by Crippen LogP contribution is -2.34. The maximum Gasteiger partial charge on any atom is 0.306 e. The summed E-state index contributed by atoms with van der Waals surface area (Å²) in [5, 5.41) is 0. The Morgan fingerprint density at radius 3 is 2.33 bits per heavy atom.